The molecular weight excluding hydrogens is 431 g/mol. The summed E-state index contributed by atoms with van der Waals surface area (Å²) < 4.78 is 42.6. The maximum atomic E-state index is 13.3. The lowest BCUT2D eigenvalue weighted by Crippen LogP contribution is -2.21. The zero-order valence-corrected chi connectivity index (χ0v) is 16.8. The first-order valence-electron chi connectivity index (χ1n) is 9.64. The first kappa shape index (κ1) is 22.1. The molecule has 0 unspecified atom stereocenters. The molecule has 0 saturated carbocycles. The molecule has 6 nitrogen and oxygen atoms in total. The molecule has 0 aliphatic heterocycles. The largest absolute Gasteiger partial charge is 0.416 e. The van der Waals surface area contributed by atoms with E-state index in [0.29, 0.717) is 27.8 Å². The zero-order valence-electron chi connectivity index (χ0n) is 16.8. The fourth-order valence-corrected chi connectivity index (χ4v) is 3.81. The van der Waals surface area contributed by atoms with E-state index >= 15 is 0 Å². The Hall–Kier alpha value is -4.14. The second kappa shape index (κ2) is 7.77. The van der Waals surface area contributed by atoms with Crippen LogP contribution in [0, 0.1) is 0 Å². The fraction of sp³-hybridized carbons (Fsp3) is 0.125. The van der Waals surface area contributed by atoms with Crippen LogP contribution in [0.15, 0.2) is 71.8 Å². The Morgan fingerprint density at radius 2 is 1.70 bits per heavy atom. The van der Waals surface area contributed by atoms with Gasteiger partial charge in [-0.05, 0) is 48.0 Å². The van der Waals surface area contributed by atoms with Crippen molar-refractivity contribution in [1.29, 1.82) is 0 Å². The van der Waals surface area contributed by atoms with Crippen LogP contribution in [0.1, 0.15) is 13.0 Å². The minimum atomic E-state index is -4.52. The number of anilines is 1. The third-order valence-corrected chi connectivity index (χ3v) is 5.43. The third-order valence-electron chi connectivity index (χ3n) is 5.43. The van der Waals surface area contributed by atoms with Crippen molar-refractivity contribution < 1.29 is 13.2 Å². The standard InChI is InChI=1S/C23H16F3N5O.CH4/c1-30-19-12-28-18-7-5-13(14-6-8-20(27)29-11-14)9-17(18)21(19)31(22(30)32)16-4-2-3-15(10-16)23(24,25)26;/h2-12H,1H3,(H2,27,29);1H4. The lowest BCUT2D eigenvalue weighted by atomic mass is 10.0. The summed E-state index contributed by atoms with van der Waals surface area (Å²) in [7, 11) is 1.57. The van der Waals surface area contributed by atoms with Crippen molar-refractivity contribution >= 4 is 27.8 Å². The van der Waals surface area contributed by atoms with Gasteiger partial charge in [-0.3, -0.25) is 14.1 Å². The Balaban J connectivity index is 0.00000259. The molecule has 5 aromatic rings. The minimum absolute atomic E-state index is 0. The van der Waals surface area contributed by atoms with Gasteiger partial charge in [-0.1, -0.05) is 19.6 Å². The molecule has 0 aliphatic carbocycles. The van der Waals surface area contributed by atoms with E-state index in [2.05, 4.69) is 9.97 Å². The second-order valence-electron chi connectivity index (χ2n) is 7.42. The number of aromatic nitrogens is 4. The summed E-state index contributed by atoms with van der Waals surface area (Å²) in [4.78, 5) is 21.6. The molecule has 0 fully saturated rings. The van der Waals surface area contributed by atoms with Gasteiger partial charge in [-0.2, -0.15) is 13.2 Å². The number of halogens is 3. The van der Waals surface area contributed by atoms with Crippen LogP contribution < -0.4 is 11.4 Å². The number of nitrogen functional groups attached to an aromatic ring is 1. The minimum Gasteiger partial charge on any atom is -0.384 e. The number of pyridine rings is 2. The van der Waals surface area contributed by atoms with Gasteiger partial charge in [0.1, 0.15) is 5.82 Å². The first-order chi connectivity index (χ1) is 15.2. The number of fused-ring (bicyclic) bond motifs is 3. The lowest BCUT2D eigenvalue weighted by Gasteiger charge is -2.11. The second-order valence-corrected chi connectivity index (χ2v) is 7.42. The number of hydrogen-bond acceptors (Lipinski definition) is 4. The Kier molecular flexibility index (Phi) is 5.20. The average Bonchev–Trinajstić information content (AvgIpc) is 3.04. The van der Waals surface area contributed by atoms with E-state index in [-0.39, 0.29) is 13.1 Å². The van der Waals surface area contributed by atoms with Gasteiger partial charge < -0.3 is 5.73 Å². The average molecular weight is 451 g/mol. The van der Waals surface area contributed by atoms with Gasteiger partial charge in [0.15, 0.2) is 0 Å². The number of imidazole rings is 1. The highest BCUT2D eigenvalue weighted by Crippen LogP contribution is 2.33. The number of nitrogens with two attached hydrogens (primary N) is 1. The first-order valence-corrected chi connectivity index (χ1v) is 9.64. The molecule has 0 spiro atoms. The Bertz CT molecular complexity index is 1550. The third kappa shape index (κ3) is 3.61. The molecule has 0 radical (unpaired) electrons. The number of benzene rings is 2. The van der Waals surface area contributed by atoms with Gasteiger partial charge in [-0.15, -0.1) is 0 Å². The maximum absolute atomic E-state index is 13.3. The highest BCUT2D eigenvalue weighted by Gasteiger charge is 2.31. The van der Waals surface area contributed by atoms with E-state index in [1.54, 1.807) is 31.6 Å². The van der Waals surface area contributed by atoms with Crippen molar-refractivity contribution in [1.82, 2.24) is 19.1 Å². The summed E-state index contributed by atoms with van der Waals surface area (Å²) in [5, 5.41) is 0.631. The van der Waals surface area contributed by atoms with Gasteiger partial charge in [0.05, 0.1) is 34.0 Å². The number of nitrogens with zero attached hydrogens (tertiary/aromatic N) is 4. The number of rotatable bonds is 2. The molecule has 2 N–H and O–H groups in total. The van der Waals surface area contributed by atoms with E-state index < -0.39 is 17.4 Å². The topological polar surface area (TPSA) is 78.7 Å². The van der Waals surface area contributed by atoms with Crippen molar-refractivity contribution in [3.8, 4) is 16.8 Å². The van der Waals surface area contributed by atoms with Crippen molar-refractivity contribution in [2.24, 2.45) is 7.05 Å². The van der Waals surface area contributed by atoms with Gasteiger partial charge in [-0.25, -0.2) is 9.78 Å². The molecule has 168 valence electrons. The molecule has 33 heavy (non-hydrogen) atoms. The van der Waals surface area contributed by atoms with Crippen molar-refractivity contribution in [3.63, 3.8) is 0 Å². The molecule has 3 heterocycles. The summed E-state index contributed by atoms with van der Waals surface area (Å²) in [5.41, 5.74) is 7.72. The SMILES string of the molecule is C.Cn1c(=O)n(-c2cccc(C(F)(F)F)c2)c2c3cc(-c4ccc(N)nc4)ccc3ncc21. The van der Waals surface area contributed by atoms with E-state index in [4.69, 9.17) is 5.73 Å². The zero-order chi connectivity index (χ0) is 22.6. The van der Waals surface area contributed by atoms with Crippen molar-refractivity contribution in [2.45, 2.75) is 13.6 Å². The number of aryl methyl sites for hydroxylation is 1. The van der Waals surface area contributed by atoms with Crippen molar-refractivity contribution in [3.05, 3.63) is 83.0 Å². The number of hydrogen-bond donors (Lipinski definition) is 1. The predicted molar refractivity (Wildman–Crippen MR) is 123 cm³/mol. The van der Waals surface area contributed by atoms with Crippen LogP contribution >= 0.6 is 0 Å². The number of alkyl halides is 3. The maximum Gasteiger partial charge on any atom is 0.416 e. The summed E-state index contributed by atoms with van der Waals surface area (Å²) in [5.74, 6) is 0.389. The molecule has 3 aromatic heterocycles. The van der Waals surface area contributed by atoms with Gasteiger partial charge >= 0.3 is 11.9 Å². The van der Waals surface area contributed by atoms with Gasteiger partial charge in [0.25, 0.3) is 0 Å². The van der Waals surface area contributed by atoms with E-state index in [9.17, 15) is 18.0 Å². The molecule has 0 saturated heterocycles. The molecule has 0 bridgehead atoms. The van der Waals surface area contributed by atoms with Crippen molar-refractivity contribution in [2.75, 3.05) is 5.73 Å². The van der Waals surface area contributed by atoms with Gasteiger partial charge in [0.2, 0.25) is 0 Å². The van der Waals surface area contributed by atoms with Crippen LogP contribution in [0.25, 0.3) is 38.8 Å². The Morgan fingerprint density at radius 1 is 0.939 bits per heavy atom. The quantitative estimate of drug-likeness (QED) is 0.401. The van der Waals surface area contributed by atoms with E-state index in [1.807, 2.05) is 18.2 Å². The highest BCUT2D eigenvalue weighted by molar-refractivity contribution is 6.04. The molecule has 0 atom stereocenters. The molecular formula is C24H20F3N5O. The van der Waals surface area contributed by atoms with Gasteiger partial charge in [0, 0.05) is 24.2 Å². The molecule has 5 rings (SSSR count). The van der Waals surface area contributed by atoms with Crippen LogP contribution in [0.5, 0.6) is 0 Å². The highest BCUT2D eigenvalue weighted by atomic mass is 19.4. The summed E-state index contributed by atoms with van der Waals surface area (Å²) >= 11 is 0. The van der Waals surface area contributed by atoms with Crippen LogP contribution in [-0.2, 0) is 13.2 Å². The van der Waals surface area contributed by atoms with E-state index in [1.165, 1.54) is 21.3 Å². The molecule has 0 amide bonds. The summed E-state index contributed by atoms with van der Waals surface area (Å²) in [6.07, 6.45) is -1.34. The summed E-state index contributed by atoms with van der Waals surface area (Å²) in [6, 6.07) is 13.7. The van der Waals surface area contributed by atoms with Crippen LogP contribution in [0.2, 0.25) is 0 Å². The molecule has 0 aliphatic rings. The molecule has 2 aromatic carbocycles. The van der Waals surface area contributed by atoms with Crippen LogP contribution in [0.3, 0.4) is 0 Å². The van der Waals surface area contributed by atoms with Crippen LogP contribution in [0.4, 0.5) is 19.0 Å². The Labute approximate surface area is 186 Å². The monoisotopic (exact) mass is 451 g/mol. The predicted octanol–water partition coefficient (Wildman–Crippen LogP) is 5.18. The molecule has 9 heteroatoms. The smallest absolute Gasteiger partial charge is 0.384 e. The van der Waals surface area contributed by atoms with E-state index in [0.717, 1.165) is 23.3 Å². The normalized spacial score (nSPS) is 11.6. The Morgan fingerprint density at radius 3 is 2.39 bits per heavy atom. The summed E-state index contributed by atoms with van der Waals surface area (Å²) in [6.45, 7) is 0. The van der Waals surface area contributed by atoms with Crippen LogP contribution in [-0.4, -0.2) is 19.1 Å². The lowest BCUT2D eigenvalue weighted by molar-refractivity contribution is -0.137. The fourth-order valence-electron chi connectivity index (χ4n) is 3.81.